The lowest BCUT2D eigenvalue weighted by Gasteiger charge is -2.08. The minimum Gasteiger partial charge on any atom is -0.504 e. The number of nitrogens with zero attached hydrogens (tertiary/aromatic N) is 1. The Balaban J connectivity index is 2.50. The van der Waals surface area contributed by atoms with Crippen LogP contribution in [0.4, 0.5) is 18.9 Å². The summed E-state index contributed by atoms with van der Waals surface area (Å²) in [6.45, 7) is 1.64. The summed E-state index contributed by atoms with van der Waals surface area (Å²) in [7, 11) is 0. The van der Waals surface area contributed by atoms with E-state index in [-0.39, 0.29) is 5.69 Å². The smallest absolute Gasteiger partial charge is 0.331 e. The molecule has 114 valence electrons. The standard InChI is InChI=1S/C14H10F3N3O2/c1-5-2-3-7(6(15)4-5)20-12-9(17)8(16)10(18)13(21)11(12)19-14(20)22/h2-4,21H,18H2,1H3,(H,19,22). The highest BCUT2D eigenvalue weighted by atomic mass is 19.2. The van der Waals surface area contributed by atoms with E-state index < -0.39 is 45.6 Å². The third-order valence-electron chi connectivity index (χ3n) is 3.37. The Labute approximate surface area is 121 Å². The van der Waals surface area contributed by atoms with Gasteiger partial charge in [0.05, 0.1) is 5.69 Å². The van der Waals surface area contributed by atoms with Gasteiger partial charge in [-0.3, -0.25) is 4.57 Å². The second-order valence-electron chi connectivity index (χ2n) is 4.83. The number of anilines is 1. The molecule has 0 bridgehead atoms. The Morgan fingerprint density at radius 2 is 1.91 bits per heavy atom. The van der Waals surface area contributed by atoms with E-state index in [1.165, 1.54) is 12.1 Å². The van der Waals surface area contributed by atoms with Crippen LogP contribution in [0.2, 0.25) is 0 Å². The van der Waals surface area contributed by atoms with Crippen LogP contribution in [-0.4, -0.2) is 14.7 Å². The molecule has 3 rings (SSSR count). The van der Waals surface area contributed by atoms with Gasteiger partial charge in [0.1, 0.15) is 22.5 Å². The van der Waals surface area contributed by atoms with Gasteiger partial charge in [0, 0.05) is 0 Å². The normalized spacial score (nSPS) is 11.3. The number of nitrogens with two attached hydrogens (primary N) is 1. The summed E-state index contributed by atoms with van der Waals surface area (Å²) in [6, 6.07) is 3.91. The number of hydrogen-bond donors (Lipinski definition) is 3. The molecule has 0 amide bonds. The maximum absolute atomic E-state index is 14.1. The van der Waals surface area contributed by atoms with Gasteiger partial charge >= 0.3 is 5.69 Å². The molecule has 0 aliphatic carbocycles. The van der Waals surface area contributed by atoms with Crippen molar-refractivity contribution in [2.24, 2.45) is 0 Å². The number of nitrogen functional groups attached to an aromatic ring is 1. The first-order valence-corrected chi connectivity index (χ1v) is 6.19. The quantitative estimate of drug-likeness (QED) is 0.476. The summed E-state index contributed by atoms with van der Waals surface area (Å²) in [5, 5.41) is 9.75. The predicted molar refractivity (Wildman–Crippen MR) is 74.6 cm³/mol. The number of phenols is 1. The number of hydrogen-bond acceptors (Lipinski definition) is 3. The number of rotatable bonds is 1. The molecule has 0 radical (unpaired) electrons. The predicted octanol–water partition coefficient (Wildman–Crippen LogP) is 2.33. The number of phenolic OH excluding ortho intramolecular Hbond substituents is 1. The fourth-order valence-electron chi connectivity index (χ4n) is 2.30. The second-order valence-corrected chi connectivity index (χ2v) is 4.83. The maximum Gasteiger partial charge on any atom is 0.331 e. The Hall–Kier alpha value is -2.90. The lowest BCUT2D eigenvalue weighted by Crippen LogP contribution is -2.16. The average molecular weight is 309 g/mol. The zero-order valence-corrected chi connectivity index (χ0v) is 11.2. The van der Waals surface area contributed by atoms with Gasteiger partial charge in [-0.2, -0.15) is 0 Å². The van der Waals surface area contributed by atoms with E-state index in [0.29, 0.717) is 10.1 Å². The van der Waals surface area contributed by atoms with Crippen molar-refractivity contribution >= 4 is 16.7 Å². The number of aromatic amines is 1. The summed E-state index contributed by atoms with van der Waals surface area (Å²) in [5.74, 6) is -4.56. The molecule has 4 N–H and O–H groups in total. The van der Waals surface area contributed by atoms with Crippen molar-refractivity contribution in [3.63, 3.8) is 0 Å². The first-order chi connectivity index (χ1) is 10.3. The van der Waals surface area contributed by atoms with E-state index in [9.17, 15) is 23.1 Å². The van der Waals surface area contributed by atoms with E-state index in [0.717, 1.165) is 6.07 Å². The molecule has 0 unspecified atom stereocenters. The molecule has 0 spiro atoms. The van der Waals surface area contributed by atoms with Gasteiger partial charge in [0.2, 0.25) is 0 Å². The lowest BCUT2D eigenvalue weighted by molar-refractivity contribution is 0.467. The van der Waals surface area contributed by atoms with E-state index in [1.807, 2.05) is 0 Å². The van der Waals surface area contributed by atoms with Crippen molar-refractivity contribution in [1.82, 2.24) is 9.55 Å². The number of nitrogens with one attached hydrogen (secondary N) is 1. The van der Waals surface area contributed by atoms with Gasteiger partial charge in [-0.15, -0.1) is 0 Å². The Bertz CT molecular complexity index is 976. The Kier molecular flexibility index (Phi) is 2.91. The third-order valence-corrected chi connectivity index (χ3v) is 3.37. The lowest BCUT2D eigenvalue weighted by atomic mass is 10.2. The van der Waals surface area contributed by atoms with Crippen LogP contribution >= 0.6 is 0 Å². The highest BCUT2D eigenvalue weighted by Gasteiger charge is 2.24. The van der Waals surface area contributed by atoms with Gasteiger partial charge in [-0.05, 0) is 24.6 Å². The summed E-state index contributed by atoms with van der Waals surface area (Å²) in [6.07, 6.45) is 0. The molecule has 0 aliphatic rings. The highest BCUT2D eigenvalue weighted by molar-refractivity contribution is 5.89. The van der Waals surface area contributed by atoms with Crippen molar-refractivity contribution in [1.29, 1.82) is 0 Å². The van der Waals surface area contributed by atoms with Gasteiger partial charge in [0.25, 0.3) is 0 Å². The first-order valence-electron chi connectivity index (χ1n) is 6.19. The van der Waals surface area contributed by atoms with Crippen LogP contribution in [0.1, 0.15) is 5.56 Å². The van der Waals surface area contributed by atoms with Crippen LogP contribution < -0.4 is 11.4 Å². The summed E-state index contributed by atoms with van der Waals surface area (Å²) in [4.78, 5) is 14.2. The topological polar surface area (TPSA) is 84.0 Å². The average Bonchev–Trinajstić information content (AvgIpc) is 2.81. The minimum absolute atomic E-state index is 0.274. The van der Waals surface area contributed by atoms with E-state index in [2.05, 4.69) is 4.98 Å². The van der Waals surface area contributed by atoms with Crippen LogP contribution in [-0.2, 0) is 0 Å². The second kappa shape index (κ2) is 4.55. The molecule has 0 saturated heterocycles. The molecule has 3 aromatic rings. The molecule has 5 nitrogen and oxygen atoms in total. The molecule has 0 fully saturated rings. The van der Waals surface area contributed by atoms with Crippen molar-refractivity contribution in [2.45, 2.75) is 6.92 Å². The van der Waals surface area contributed by atoms with Crippen LogP contribution in [0.15, 0.2) is 23.0 Å². The van der Waals surface area contributed by atoms with Gasteiger partial charge in [0.15, 0.2) is 17.4 Å². The number of halogens is 3. The SMILES string of the molecule is Cc1ccc(-n2c(=O)[nH]c3c(O)c(N)c(F)c(F)c32)c(F)c1. The van der Waals surface area contributed by atoms with Crippen LogP contribution in [0.5, 0.6) is 5.75 Å². The summed E-state index contributed by atoms with van der Waals surface area (Å²) in [5.41, 5.74) is 2.76. The maximum atomic E-state index is 14.1. The molecule has 0 atom stereocenters. The molecule has 2 aromatic carbocycles. The fraction of sp³-hybridized carbons (Fsp3) is 0.0714. The van der Waals surface area contributed by atoms with Crippen LogP contribution in [0.25, 0.3) is 16.7 Å². The molecule has 1 aromatic heterocycles. The Morgan fingerprint density at radius 1 is 1.23 bits per heavy atom. The first kappa shape index (κ1) is 14.1. The number of aromatic nitrogens is 2. The number of benzene rings is 2. The molecule has 0 saturated carbocycles. The summed E-state index contributed by atoms with van der Waals surface area (Å²) >= 11 is 0. The molecule has 22 heavy (non-hydrogen) atoms. The van der Waals surface area contributed by atoms with E-state index >= 15 is 0 Å². The van der Waals surface area contributed by atoms with Gasteiger partial charge in [-0.1, -0.05) is 6.07 Å². The largest absolute Gasteiger partial charge is 0.504 e. The molecule has 0 aliphatic heterocycles. The van der Waals surface area contributed by atoms with Crippen LogP contribution in [0.3, 0.4) is 0 Å². The van der Waals surface area contributed by atoms with Gasteiger partial charge < -0.3 is 15.8 Å². The van der Waals surface area contributed by atoms with Crippen LogP contribution in [0, 0.1) is 24.4 Å². The molecular formula is C14H10F3N3O2. The molecule has 1 heterocycles. The van der Waals surface area contributed by atoms with Gasteiger partial charge in [-0.25, -0.2) is 18.0 Å². The van der Waals surface area contributed by atoms with E-state index in [4.69, 9.17) is 5.73 Å². The monoisotopic (exact) mass is 309 g/mol. The fourth-order valence-corrected chi connectivity index (χ4v) is 2.30. The van der Waals surface area contributed by atoms with Crippen molar-refractivity contribution in [2.75, 3.05) is 5.73 Å². The number of aromatic hydroxyl groups is 1. The summed E-state index contributed by atoms with van der Waals surface area (Å²) < 4.78 is 42.5. The highest BCUT2D eigenvalue weighted by Crippen LogP contribution is 2.35. The molecule has 8 heteroatoms. The van der Waals surface area contributed by atoms with E-state index in [1.54, 1.807) is 6.92 Å². The number of fused-ring (bicyclic) bond motifs is 1. The number of H-pyrrole nitrogens is 1. The Morgan fingerprint density at radius 3 is 2.55 bits per heavy atom. The van der Waals surface area contributed by atoms with Crippen molar-refractivity contribution in [3.8, 4) is 11.4 Å². The van der Waals surface area contributed by atoms with Crippen molar-refractivity contribution in [3.05, 3.63) is 51.7 Å². The molecular weight excluding hydrogens is 299 g/mol. The number of aryl methyl sites for hydroxylation is 1. The minimum atomic E-state index is -1.51. The zero-order chi connectivity index (χ0) is 16.2. The third kappa shape index (κ3) is 1.77. The zero-order valence-electron chi connectivity index (χ0n) is 11.2. The van der Waals surface area contributed by atoms with Crippen molar-refractivity contribution < 1.29 is 18.3 Å². The number of imidazole rings is 1.